The molecule has 2 nitrogen and oxygen atoms in total. The largest absolute Gasteiger partial charge is 0.364 e. The van der Waals surface area contributed by atoms with E-state index in [9.17, 15) is 4.39 Å². The van der Waals surface area contributed by atoms with E-state index in [-0.39, 0.29) is 18.0 Å². The van der Waals surface area contributed by atoms with Crippen LogP contribution < -0.4 is 5.32 Å². The lowest BCUT2D eigenvalue weighted by molar-refractivity contribution is -0.0313. The van der Waals surface area contributed by atoms with Crippen LogP contribution in [0.2, 0.25) is 0 Å². The highest BCUT2D eigenvalue weighted by atomic mass is 19.1. The Morgan fingerprint density at radius 2 is 1.90 bits per heavy atom. The summed E-state index contributed by atoms with van der Waals surface area (Å²) in [4.78, 5) is 0. The highest BCUT2D eigenvalue weighted by Gasteiger charge is 2.37. The van der Waals surface area contributed by atoms with Gasteiger partial charge in [-0.3, -0.25) is 0 Å². The van der Waals surface area contributed by atoms with Crippen LogP contribution >= 0.6 is 0 Å². The Morgan fingerprint density at radius 3 is 2.76 bits per heavy atom. The van der Waals surface area contributed by atoms with Gasteiger partial charge >= 0.3 is 0 Å². The summed E-state index contributed by atoms with van der Waals surface area (Å²) >= 11 is 0. The van der Waals surface area contributed by atoms with Gasteiger partial charge in [0.25, 0.3) is 0 Å². The first-order chi connectivity index (χ1) is 10.3. The molecule has 2 aliphatic heterocycles. The van der Waals surface area contributed by atoms with E-state index in [1.807, 2.05) is 12.1 Å². The van der Waals surface area contributed by atoms with Crippen LogP contribution in [0.5, 0.6) is 0 Å². The van der Waals surface area contributed by atoms with Crippen LogP contribution in [0.25, 0.3) is 0 Å². The number of rotatable bonds is 1. The summed E-state index contributed by atoms with van der Waals surface area (Å²) in [5, 5.41) is 3.40. The number of hydrogen-bond donors (Lipinski definition) is 1. The van der Waals surface area contributed by atoms with Crippen LogP contribution in [0.1, 0.15) is 35.1 Å². The number of benzene rings is 2. The monoisotopic (exact) mass is 283 g/mol. The number of hydrogen-bond acceptors (Lipinski definition) is 2. The van der Waals surface area contributed by atoms with Gasteiger partial charge in [0, 0.05) is 12.5 Å². The van der Waals surface area contributed by atoms with E-state index < -0.39 is 0 Å². The van der Waals surface area contributed by atoms with Crippen molar-refractivity contribution in [3.8, 4) is 0 Å². The summed E-state index contributed by atoms with van der Waals surface area (Å²) in [6, 6.07) is 15.2. The highest BCUT2D eigenvalue weighted by Crippen LogP contribution is 2.43. The second kappa shape index (κ2) is 5.24. The fraction of sp³-hybridized carbons (Fsp3) is 0.333. The number of piperidine rings is 1. The van der Waals surface area contributed by atoms with E-state index in [4.69, 9.17) is 4.74 Å². The molecule has 1 unspecified atom stereocenters. The third-order valence-electron chi connectivity index (χ3n) is 4.57. The van der Waals surface area contributed by atoms with E-state index in [2.05, 4.69) is 23.5 Å². The van der Waals surface area contributed by atoms with Crippen molar-refractivity contribution in [2.75, 3.05) is 13.1 Å². The minimum absolute atomic E-state index is 0.168. The summed E-state index contributed by atoms with van der Waals surface area (Å²) in [5.41, 5.74) is 3.45. The predicted molar refractivity (Wildman–Crippen MR) is 79.8 cm³/mol. The molecule has 0 spiro atoms. The molecule has 0 bridgehead atoms. The van der Waals surface area contributed by atoms with Gasteiger partial charge in [-0.1, -0.05) is 36.4 Å². The minimum atomic E-state index is -0.211. The Labute approximate surface area is 123 Å². The molecule has 1 saturated heterocycles. The van der Waals surface area contributed by atoms with Gasteiger partial charge in [0.05, 0.1) is 6.10 Å². The maximum absolute atomic E-state index is 13.6. The number of fused-ring (bicyclic) bond motifs is 3. The molecule has 4 rings (SSSR count). The van der Waals surface area contributed by atoms with Crippen molar-refractivity contribution in [2.45, 2.75) is 24.5 Å². The Morgan fingerprint density at radius 1 is 1.05 bits per heavy atom. The Hall–Kier alpha value is -1.71. The zero-order valence-corrected chi connectivity index (χ0v) is 11.8. The maximum Gasteiger partial charge on any atom is 0.123 e. The third-order valence-corrected chi connectivity index (χ3v) is 4.57. The summed E-state index contributed by atoms with van der Waals surface area (Å²) in [6.07, 6.45) is 1.09. The Kier molecular flexibility index (Phi) is 3.24. The van der Waals surface area contributed by atoms with Crippen LogP contribution in [0.3, 0.4) is 0 Å². The molecule has 0 radical (unpaired) electrons. The standard InChI is InChI=1S/C18H18FNO/c19-13-5-3-4-12(10-13)18-16-7-2-1-6-14(16)15-8-9-20-11-17(15)21-18/h1-7,10,15,17-18,20H,8-9,11H2/t15-,17-,18?/m0/s1. The molecule has 2 aliphatic rings. The van der Waals surface area contributed by atoms with Crippen LogP contribution in [-0.4, -0.2) is 19.2 Å². The molecule has 0 aliphatic carbocycles. The van der Waals surface area contributed by atoms with Gasteiger partial charge in [0.2, 0.25) is 0 Å². The van der Waals surface area contributed by atoms with E-state index in [0.717, 1.165) is 25.1 Å². The van der Waals surface area contributed by atoms with Crippen LogP contribution in [0.15, 0.2) is 48.5 Å². The fourth-order valence-corrected chi connectivity index (χ4v) is 3.59. The molecule has 1 N–H and O–H groups in total. The van der Waals surface area contributed by atoms with Crippen LogP contribution in [-0.2, 0) is 4.74 Å². The first kappa shape index (κ1) is 13.0. The number of nitrogens with one attached hydrogen (secondary N) is 1. The lowest BCUT2D eigenvalue weighted by atomic mass is 9.80. The first-order valence-corrected chi connectivity index (χ1v) is 7.53. The van der Waals surface area contributed by atoms with Crippen molar-refractivity contribution < 1.29 is 9.13 Å². The van der Waals surface area contributed by atoms with Gasteiger partial charge < -0.3 is 10.1 Å². The lowest BCUT2D eigenvalue weighted by Gasteiger charge is -2.41. The van der Waals surface area contributed by atoms with Crippen molar-refractivity contribution in [1.29, 1.82) is 0 Å². The van der Waals surface area contributed by atoms with Crippen molar-refractivity contribution in [3.05, 3.63) is 71.0 Å². The van der Waals surface area contributed by atoms with Crippen molar-refractivity contribution in [2.24, 2.45) is 0 Å². The quantitative estimate of drug-likeness (QED) is 0.866. The van der Waals surface area contributed by atoms with Crippen molar-refractivity contribution in [1.82, 2.24) is 5.32 Å². The van der Waals surface area contributed by atoms with Gasteiger partial charge in [-0.15, -0.1) is 0 Å². The van der Waals surface area contributed by atoms with E-state index >= 15 is 0 Å². The molecule has 2 aromatic rings. The molecule has 3 atom stereocenters. The Balaban J connectivity index is 1.81. The van der Waals surface area contributed by atoms with Crippen LogP contribution in [0, 0.1) is 5.82 Å². The molecule has 2 aromatic carbocycles. The summed E-state index contributed by atoms with van der Waals surface area (Å²) in [5.74, 6) is 0.240. The lowest BCUT2D eigenvalue weighted by Crippen LogP contribution is -2.44. The van der Waals surface area contributed by atoms with Gasteiger partial charge in [0.1, 0.15) is 11.9 Å². The molecular formula is C18H18FNO. The first-order valence-electron chi connectivity index (χ1n) is 7.53. The second-order valence-electron chi connectivity index (χ2n) is 5.84. The average molecular weight is 283 g/mol. The van der Waals surface area contributed by atoms with Gasteiger partial charge in [0.15, 0.2) is 0 Å². The van der Waals surface area contributed by atoms with Crippen molar-refractivity contribution >= 4 is 0 Å². The fourth-order valence-electron chi connectivity index (χ4n) is 3.59. The van der Waals surface area contributed by atoms with Gasteiger partial charge in [-0.25, -0.2) is 4.39 Å². The molecule has 1 fully saturated rings. The highest BCUT2D eigenvalue weighted by molar-refractivity contribution is 5.41. The maximum atomic E-state index is 13.6. The van der Waals surface area contributed by atoms with E-state index in [1.165, 1.54) is 17.2 Å². The predicted octanol–water partition coefficient (Wildman–Crippen LogP) is 3.39. The summed E-state index contributed by atoms with van der Waals surface area (Å²) < 4.78 is 19.9. The summed E-state index contributed by atoms with van der Waals surface area (Å²) in [6.45, 7) is 1.90. The molecule has 108 valence electrons. The van der Waals surface area contributed by atoms with E-state index in [0.29, 0.717) is 5.92 Å². The molecule has 3 heteroatoms. The molecule has 0 aromatic heterocycles. The van der Waals surface area contributed by atoms with Crippen LogP contribution in [0.4, 0.5) is 4.39 Å². The average Bonchev–Trinajstić information content (AvgIpc) is 2.54. The Bertz CT molecular complexity index is 657. The topological polar surface area (TPSA) is 21.3 Å². The smallest absolute Gasteiger partial charge is 0.123 e. The molecule has 0 saturated carbocycles. The third kappa shape index (κ3) is 2.27. The molecule has 21 heavy (non-hydrogen) atoms. The second-order valence-corrected chi connectivity index (χ2v) is 5.84. The number of ether oxygens (including phenoxy) is 1. The van der Waals surface area contributed by atoms with E-state index in [1.54, 1.807) is 12.1 Å². The molecule has 0 amide bonds. The minimum Gasteiger partial charge on any atom is -0.364 e. The van der Waals surface area contributed by atoms with Gasteiger partial charge in [-0.05, 0) is 41.8 Å². The number of halogens is 1. The van der Waals surface area contributed by atoms with Gasteiger partial charge in [-0.2, -0.15) is 0 Å². The molecule has 2 heterocycles. The zero-order chi connectivity index (χ0) is 14.2. The van der Waals surface area contributed by atoms with Crippen molar-refractivity contribution in [3.63, 3.8) is 0 Å². The normalized spacial score (nSPS) is 27.8. The molecular weight excluding hydrogens is 265 g/mol. The zero-order valence-electron chi connectivity index (χ0n) is 11.8. The SMILES string of the molecule is Fc1cccc(C2O[C@H]3CNCC[C@H]3c3ccccc32)c1. The summed E-state index contributed by atoms with van der Waals surface area (Å²) in [7, 11) is 0.